The Labute approximate surface area is 590 Å². The van der Waals surface area contributed by atoms with Crippen molar-refractivity contribution in [1.29, 1.82) is 0 Å². The highest BCUT2D eigenvalue weighted by Crippen LogP contribution is 2.42. The minimum atomic E-state index is -1.97. The van der Waals surface area contributed by atoms with Crippen molar-refractivity contribution < 1.29 is 47.6 Å². The van der Waals surface area contributed by atoms with Crippen LogP contribution in [0.3, 0.4) is 0 Å². The summed E-state index contributed by atoms with van der Waals surface area (Å²) < 4.78 is 43.3. The normalized spacial score (nSPS) is 17.2. The fourth-order valence-corrected chi connectivity index (χ4v) is 15.8. The summed E-state index contributed by atoms with van der Waals surface area (Å²) in [6, 6.07) is 16.6. The average Bonchev–Trinajstić information content (AvgIpc) is 1.23. The number of benzene rings is 3. The van der Waals surface area contributed by atoms with E-state index >= 15 is 4.39 Å². The number of piperazine rings is 1. The minimum absolute atomic E-state index is 0.000281. The number of alkyl halides is 1. The molecule has 1 saturated carbocycles. The monoisotopic (exact) mass is 1410 g/mol. The number of rotatable bonds is 32. The molecular weight excluding hydrogens is 1320 g/mol. The van der Waals surface area contributed by atoms with Crippen molar-refractivity contribution in [1.82, 2.24) is 50.5 Å². The van der Waals surface area contributed by atoms with Crippen LogP contribution in [0.25, 0.3) is 20.7 Å². The number of carboxylic acid groups (broad SMARTS) is 1. The van der Waals surface area contributed by atoms with E-state index in [0.29, 0.717) is 65.5 Å². The summed E-state index contributed by atoms with van der Waals surface area (Å²) in [5, 5.41) is 40.2. The number of likely N-dealkylation sites (tertiary alicyclic amines) is 1. The van der Waals surface area contributed by atoms with Crippen LogP contribution < -0.4 is 30.3 Å². The summed E-state index contributed by atoms with van der Waals surface area (Å²) >= 11 is 4.43. The maximum absolute atomic E-state index is 15.3. The average molecular weight is 1410 g/mol. The molecule has 3 amide bonds. The van der Waals surface area contributed by atoms with Crippen molar-refractivity contribution in [2.45, 2.75) is 181 Å². The Balaban J connectivity index is 0.528. The lowest BCUT2D eigenvalue weighted by Gasteiger charge is -2.35. The van der Waals surface area contributed by atoms with Gasteiger partial charge >= 0.3 is 5.97 Å². The molecule has 1 aliphatic carbocycles. The van der Waals surface area contributed by atoms with Crippen LogP contribution in [-0.2, 0) is 33.8 Å². The number of aliphatic hydroxyl groups excluding tert-OH is 1. The zero-order valence-corrected chi connectivity index (χ0v) is 59.9. The number of unbranched alkanes of at least 4 members (excludes halogenated alkanes) is 10. The summed E-state index contributed by atoms with van der Waals surface area (Å²) in [5.41, 5.74) is 5.25. The van der Waals surface area contributed by atoms with Gasteiger partial charge < -0.3 is 50.3 Å². The SMILES string of the molecule is Cc1ncsc1-c1ccc(CNC(=O)[C@@H]2C[C@@H](O)CN2C(=O)[C@@H](NC(=O)C2(F)CC2)C(C)(C)C)c(OCCCCCCCCCCCCCN2CCN(CC#Cc3ccc(OCCCc4sc(N5CCCc6c5nnc(Nc5nc7ccccc7s5)c6C)nc4C(=O)O)c(F)c3)CC2)c1. The van der Waals surface area contributed by atoms with Crippen LogP contribution in [0.2, 0.25) is 0 Å². The number of aliphatic hydroxyl groups is 1. The number of aromatic carboxylic acids is 1. The molecule has 3 aliphatic heterocycles. The summed E-state index contributed by atoms with van der Waals surface area (Å²) in [6.07, 6.45) is 14.8. The van der Waals surface area contributed by atoms with E-state index < -0.39 is 58.8 Å². The standard InChI is InChI=1S/C74H92F2N12O8S3/c1-48-54-23-20-35-87(66(54)84-83-65(48)82-71-79-56-24-15-16-25-60(56)98-71)72-80-62(69(92)93)61(99-72)26-21-41-95-58-30-27-50(42-55(58)75)22-19-34-86-38-36-85(37-39-86)33-17-13-11-9-7-6-8-10-12-14-18-40-96-59-43-51(63-49(2)78-47-97-63)28-29-52(59)45-77-67(90)57-44-53(89)46-88(57)68(91)64(73(3,4)5)81-70(94)74(76)31-32-74/h15-16,24-25,27-30,42-43,47,53,57,64,89H,6-14,17-18,20-21,23,26,31-41,44-46H2,1-5H3,(H,77,90)(H,81,94)(H,92,93)(H,79,82,83)/t53-,57+,64-/m1/s1. The van der Waals surface area contributed by atoms with E-state index in [1.807, 2.05) is 66.7 Å². The van der Waals surface area contributed by atoms with Crippen LogP contribution in [-0.4, -0.2) is 163 Å². The van der Waals surface area contributed by atoms with Crippen molar-refractivity contribution in [2.24, 2.45) is 5.41 Å². The van der Waals surface area contributed by atoms with Crippen LogP contribution in [0, 0.1) is 36.9 Å². The number of nitrogens with one attached hydrogen (secondary N) is 3. The van der Waals surface area contributed by atoms with Gasteiger partial charge in [0.15, 0.2) is 44.8 Å². The molecule has 7 heterocycles. The molecule has 99 heavy (non-hydrogen) atoms. The summed E-state index contributed by atoms with van der Waals surface area (Å²) in [4.78, 5) is 76.5. The highest BCUT2D eigenvalue weighted by atomic mass is 32.1. The molecule has 2 saturated heterocycles. The number of aromatic nitrogens is 5. The molecule has 0 unspecified atom stereocenters. The minimum Gasteiger partial charge on any atom is -0.493 e. The first-order valence-electron chi connectivity index (χ1n) is 35.1. The second kappa shape index (κ2) is 33.6. The molecule has 3 aromatic carbocycles. The largest absolute Gasteiger partial charge is 0.493 e. The summed E-state index contributed by atoms with van der Waals surface area (Å²) in [6.45, 7) is 16.4. The molecule has 0 radical (unpaired) electrons. The number of ether oxygens (including phenoxy) is 2. The summed E-state index contributed by atoms with van der Waals surface area (Å²) in [7, 11) is 0. The van der Waals surface area contributed by atoms with Gasteiger partial charge in [-0.1, -0.05) is 126 Å². The molecule has 25 heteroatoms. The molecule has 3 atom stereocenters. The highest BCUT2D eigenvalue weighted by Gasteiger charge is 2.53. The van der Waals surface area contributed by atoms with E-state index in [1.54, 1.807) is 55.6 Å². The predicted octanol–water partition coefficient (Wildman–Crippen LogP) is 12.9. The Kier molecular flexibility index (Phi) is 24.6. The molecule has 4 aromatic heterocycles. The van der Waals surface area contributed by atoms with Crippen molar-refractivity contribution >= 4 is 89.8 Å². The van der Waals surface area contributed by atoms with E-state index in [9.17, 15) is 33.8 Å². The predicted molar refractivity (Wildman–Crippen MR) is 385 cm³/mol. The second-order valence-corrected chi connectivity index (χ2v) is 30.6. The van der Waals surface area contributed by atoms with Gasteiger partial charge in [-0.05, 0) is 119 Å². The van der Waals surface area contributed by atoms with E-state index in [2.05, 4.69) is 62.7 Å². The molecule has 528 valence electrons. The molecule has 3 fully saturated rings. The van der Waals surface area contributed by atoms with Gasteiger partial charge in [-0.15, -0.1) is 32.9 Å². The Morgan fingerprint density at radius 1 is 0.828 bits per heavy atom. The van der Waals surface area contributed by atoms with Crippen LogP contribution in [0.5, 0.6) is 11.5 Å². The number of aryl methyl sites for hydroxylation is 2. The molecule has 7 aromatic rings. The number of hydrogen-bond donors (Lipinski definition) is 5. The number of fused-ring (bicyclic) bond motifs is 2. The molecule has 4 aliphatic rings. The fraction of sp³-hybridized carbons (Fsp3) is 0.527. The third kappa shape index (κ3) is 19.0. The van der Waals surface area contributed by atoms with Crippen LogP contribution >= 0.6 is 34.0 Å². The van der Waals surface area contributed by atoms with Gasteiger partial charge in [0.25, 0.3) is 5.91 Å². The number of hydrogen-bond acceptors (Lipinski definition) is 19. The Hall–Kier alpha value is -7.73. The number of nitrogens with zero attached hydrogens (tertiary/aromatic N) is 9. The number of anilines is 4. The van der Waals surface area contributed by atoms with E-state index in [-0.39, 0.29) is 50.4 Å². The molecule has 20 nitrogen and oxygen atoms in total. The van der Waals surface area contributed by atoms with Gasteiger partial charge in [0.2, 0.25) is 11.8 Å². The second-order valence-electron chi connectivity index (χ2n) is 27.6. The van der Waals surface area contributed by atoms with Gasteiger partial charge in [0, 0.05) is 79.4 Å². The first-order valence-corrected chi connectivity index (χ1v) is 37.6. The lowest BCUT2D eigenvalue weighted by Crippen LogP contribution is -2.59. The van der Waals surface area contributed by atoms with Crippen LogP contribution in [0.1, 0.15) is 167 Å². The highest BCUT2D eigenvalue weighted by molar-refractivity contribution is 7.22. The van der Waals surface area contributed by atoms with Crippen LogP contribution in [0.15, 0.2) is 66.2 Å². The Morgan fingerprint density at radius 3 is 2.25 bits per heavy atom. The van der Waals surface area contributed by atoms with Crippen molar-refractivity contribution in [2.75, 3.05) is 75.8 Å². The van der Waals surface area contributed by atoms with Gasteiger partial charge in [-0.3, -0.25) is 19.3 Å². The number of carbonyl (C=O) groups is 4. The fourth-order valence-electron chi connectivity index (χ4n) is 13.0. The zero-order valence-electron chi connectivity index (χ0n) is 57.4. The number of carbonyl (C=O) groups excluding carboxylic acids is 3. The Morgan fingerprint density at radius 2 is 1.55 bits per heavy atom. The van der Waals surface area contributed by atoms with Crippen molar-refractivity contribution in [3.8, 4) is 33.8 Å². The first-order chi connectivity index (χ1) is 47.8. The van der Waals surface area contributed by atoms with Crippen LogP contribution in [0.4, 0.5) is 30.7 Å². The molecular formula is C74H92F2N12O8S3. The number of carboxylic acids is 1. The lowest BCUT2D eigenvalue weighted by atomic mass is 9.85. The molecule has 5 N–H and O–H groups in total. The zero-order chi connectivity index (χ0) is 69.6. The third-order valence-corrected chi connectivity index (χ3v) is 22.1. The van der Waals surface area contributed by atoms with Crippen molar-refractivity contribution in [3.63, 3.8) is 0 Å². The maximum atomic E-state index is 15.3. The van der Waals surface area contributed by atoms with E-state index in [0.717, 1.165) is 113 Å². The number of halogens is 2. The van der Waals surface area contributed by atoms with Gasteiger partial charge in [0.1, 0.15) is 17.8 Å². The maximum Gasteiger partial charge on any atom is 0.355 e. The number of amides is 3. The quantitative estimate of drug-likeness (QED) is 0.0194. The smallest absolute Gasteiger partial charge is 0.355 e. The van der Waals surface area contributed by atoms with Gasteiger partial charge in [-0.2, -0.15) is 0 Å². The number of para-hydroxylation sites is 1. The van der Waals surface area contributed by atoms with Gasteiger partial charge in [-0.25, -0.2) is 28.5 Å². The summed E-state index contributed by atoms with van der Waals surface area (Å²) in [5.74, 6) is 5.11. The lowest BCUT2D eigenvalue weighted by molar-refractivity contribution is -0.145. The molecule has 11 rings (SSSR count). The number of β-amino-alcohol motifs (C(OH)–C–C–N with tert-alkyl or cyclic N) is 1. The number of thiazole rings is 3. The van der Waals surface area contributed by atoms with E-state index in [4.69, 9.17) is 9.47 Å². The topological polar surface area (TPSA) is 241 Å². The Bertz CT molecular complexity index is 3990. The molecule has 0 bridgehead atoms. The third-order valence-electron chi connectivity index (χ3n) is 19.0. The molecule has 0 spiro atoms. The van der Waals surface area contributed by atoms with Gasteiger partial charge in [0.05, 0.1) is 52.2 Å². The first kappa shape index (κ1) is 72.5. The van der Waals surface area contributed by atoms with E-state index in [1.165, 1.54) is 73.7 Å². The van der Waals surface area contributed by atoms with Crippen molar-refractivity contribution in [3.05, 3.63) is 111 Å².